The van der Waals surface area contributed by atoms with Gasteiger partial charge in [-0.2, -0.15) is 0 Å². The molecule has 0 spiro atoms. The van der Waals surface area contributed by atoms with E-state index < -0.39 is 4.92 Å². The van der Waals surface area contributed by atoms with Gasteiger partial charge in [-0.1, -0.05) is 6.42 Å². The molecule has 104 valence electrons. The van der Waals surface area contributed by atoms with Gasteiger partial charge in [0.05, 0.1) is 11.0 Å². The van der Waals surface area contributed by atoms with Crippen molar-refractivity contribution in [1.82, 2.24) is 9.88 Å². The summed E-state index contributed by atoms with van der Waals surface area (Å²) in [5, 5.41) is 13.9. The Bertz CT molecular complexity index is 432. The minimum atomic E-state index is -0.401. The van der Waals surface area contributed by atoms with Crippen molar-refractivity contribution in [2.75, 3.05) is 25.0 Å². The summed E-state index contributed by atoms with van der Waals surface area (Å²) in [6.07, 6.45) is 5.32. The van der Waals surface area contributed by atoms with Crippen LogP contribution in [0.25, 0.3) is 0 Å². The molecular weight excluding hydrogens is 244 g/mol. The molecule has 1 aromatic rings. The van der Waals surface area contributed by atoms with E-state index in [1.807, 2.05) is 0 Å². The van der Waals surface area contributed by atoms with E-state index in [1.165, 1.54) is 37.6 Å². The van der Waals surface area contributed by atoms with E-state index in [0.717, 1.165) is 19.6 Å². The SMILES string of the molecule is CC(CN1CCCCC1)Nc1cc([N+](=O)[O-])ccn1. The second-order valence-corrected chi connectivity index (χ2v) is 5.06. The average molecular weight is 264 g/mol. The van der Waals surface area contributed by atoms with Crippen molar-refractivity contribution in [1.29, 1.82) is 0 Å². The number of nitrogens with zero attached hydrogens (tertiary/aromatic N) is 3. The molecule has 1 saturated heterocycles. The molecule has 1 atom stereocenters. The van der Waals surface area contributed by atoms with Crippen LogP contribution in [-0.4, -0.2) is 40.5 Å². The summed E-state index contributed by atoms with van der Waals surface area (Å²) in [5.41, 5.74) is 0.0719. The van der Waals surface area contributed by atoms with Crippen LogP contribution in [0.3, 0.4) is 0 Å². The highest BCUT2D eigenvalue weighted by molar-refractivity contribution is 5.44. The van der Waals surface area contributed by atoms with Crippen LogP contribution in [0.4, 0.5) is 11.5 Å². The third-order valence-corrected chi connectivity index (χ3v) is 3.33. The first-order chi connectivity index (χ1) is 9.15. The lowest BCUT2D eigenvalue weighted by Crippen LogP contribution is -2.38. The van der Waals surface area contributed by atoms with Gasteiger partial charge in [0.2, 0.25) is 0 Å². The summed E-state index contributed by atoms with van der Waals surface area (Å²) in [6.45, 7) is 5.32. The van der Waals surface area contributed by atoms with Crippen molar-refractivity contribution in [3.05, 3.63) is 28.4 Å². The Morgan fingerprint density at radius 1 is 1.47 bits per heavy atom. The predicted octanol–water partition coefficient (Wildman–Crippen LogP) is 2.28. The van der Waals surface area contributed by atoms with Gasteiger partial charge in [0.25, 0.3) is 5.69 Å². The summed E-state index contributed by atoms with van der Waals surface area (Å²) < 4.78 is 0. The monoisotopic (exact) mass is 264 g/mol. The van der Waals surface area contributed by atoms with Crippen LogP contribution in [0.5, 0.6) is 0 Å². The van der Waals surface area contributed by atoms with Gasteiger partial charge in [-0.05, 0) is 32.9 Å². The summed E-state index contributed by atoms with van der Waals surface area (Å²) in [5.74, 6) is 0.568. The van der Waals surface area contributed by atoms with Crippen LogP contribution < -0.4 is 5.32 Å². The number of likely N-dealkylation sites (tertiary alicyclic amines) is 1. The molecule has 1 aliphatic heterocycles. The van der Waals surface area contributed by atoms with E-state index in [1.54, 1.807) is 0 Å². The van der Waals surface area contributed by atoms with Crippen LogP contribution in [0.15, 0.2) is 18.3 Å². The summed E-state index contributed by atoms with van der Waals surface area (Å²) in [6, 6.07) is 3.11. The molecule has 19 heavy (non-hydrogen) atoms. The molecule has 0 saturated carbocycles. The molecule has 6 nitrogen and oxygen atoms in total. The second-order valence-electron chi connectivity index (χ2n) is 5.06. The number of nitro groups is 1. The van der Waals surface area contributed by atoms with E-state index in [2.05, 4.69) is 22.1 Å². The number of hydrogen-bond acceptors (Lipinski definition) is 5. The van der Waals surface area contributed by atoms with Gasteiger partial charge >= 0.3 is 0 Å². The zero-order valence-electron chi connectivity index (χ0n) is 11.2. The molecule has 1 unspecified atom stereocenters. The van der Waals surface area contributed by atoms with E-state index >= 15 is 0 Å². The Morgan fingerprint density at radius 2 is 2.21 bits per heavy atom. The lowest BCUT2D eigenvalue weighted by Gasteiger charge is -2.29. The zero-order valence-corrected chi connectivity index (χ0v) is 11.2. The highest BCUT2D eigenvalue weighted by atomic mass is 16.6. The summed E-state index contributed by atoms with van der Waals surface area (Å²) in [4.78, 5) is 16.8. The molecule has 6 heteroatoms. The molecule has 1 fully saturated rings. The standard InChI is InChI=1S/C13H20N4O2/c1-11(10-16-7-3-2-4-8-16)15-13-9-12(17(18)19)5-6-14-13/h5-6,9,11H,2-4,7-8,10H2,1H3,(H,14,15). The molecule has 2 heterocycles. The number of nitrogens with one attached hydrogen (secondary N) is 1. The predicted molar refractivity (Wildman–Crippen MR) is 74.3 cm³/mol. The minimum Gasteiger partial charge on any atom is -0.366 e. The average Bonchev–Trinajstić information content (AvgIpc) is 2.40. The van der Waals surface area contributed by atoms with E-state index in [0.29, 0.717) is 5.82 Å². The highest BCUT2D eigenvalue weighted by Crippen LogP contribution is 2.15. The van der Waals surface area contributed by atoms with Crippen LogP contribution in [-0.2, 0) is 0 Å². The first kappa shape index (κ1) is 13.7. The number of rotatable bonds is 5. The van der Waals surface area contributed by atoms with Gasteiger partial charge in [-0.15, -0.1) is 0 Å². The maximum absolute atomic E-state index is 10.7. The molecule has 0 amide bonds. The van der Waals surface area contributed by atoms with Gasteiger partial charge in [0.1, 0.15) is 5.82 Å². The molecule has 1 N–H and O–H groups in total. The van der Waals surface area contributed by atoms with Crippen LogP contribution >= 0.6 is 0 Å². The number of anilines is 1. The lowest BCUT2D eigenvalue weighted by molar-refractivity contribution is -0.384. The smallest absolute Gasteiger partial charge is 0.274 e. The second kappa shape index (κ2) is 6.47. The van der Waals surface area contributed by atoms with Gasteiger partial charge in [-0.3, -0.25) is 10.1 Å². The quantitative estimate of drug-likeness (QED) is 0.652. The van der Waals surface area contributed by atoms with Crippen molar-refractivity contribution in [3.63, 3.8) is 0 Å². The summed E-state index contributed by atoms with van der Waals surface area (Å²) >= 11 is 0. The molecule has 0 aromatic carbocycles. The fourth-order valence-electron chi connectivity index (χ4n) is 2.44. The maximum Gasteiger partial charge on any atom is 0.274 e. The van der Waals surface area contributed by atoms with Crippen molar-refractivity contribution in [3.8, 4) is 0 Å². The third-order valence-electron chi connectivity index (χ3n) is 3.33. The maximum atomic E-state index is 10.7. The molecule has 0 bridgehead atoms. The number of aromatic nitrogens is 1. The van der Waals surface area contributed by atoms with Crippen LogP contribution in [0, 0.1) is 10.1 Å². The van der Waals surface area contributed by atoms with Crippen molar-refractivity contribution < 1.29 is 4.92 Å². The van der Waals surface area contributed by atoms with Crippen molar-refractivity contribution in [2.45, 2.75) is 32.2 Å². The van der Waals surface area contributed by atoms with E-state index in [4.69, 9.17) is 0 Å². The Labute approximate surface area is 113 Å². The van der Waals surface area contributed by atoms with Gasteiger partial charge in [0, 0.05) is 24.8 Å². The molecule has 0 radical (unpaired) electrons. The Morgan fingerprint density at radius 3 is 2.89 bits per heavy atom. The van der Waals surface area contributed by atoms with E-state index in [9.17, 15) is 10.1 Å². The van der Waals surface area contributed by atoms with Crippen molar-refractivity contribution in [2.24, 2.45) is 0 Å². The molecule has 1 aliphatic rings. The Balaban J connectivity index is 1.88. The topological polar surface area (TPSA) is 71.3 Å². The summed E-state index contributed by atoms with van der Waals surface area (Å²) in [7, 11) is 0. The molecule has 1 aromatic heterocycles. The zero-order chi connectivity index (χ0) is 13.7. The number of pyridine rings is 1. The molecule has 2 rings (SSSR count). The van der Waals surface area contributed by atoms with Crippen LogP contribution in [0.1, 0.15) is 26.2 Å². The van der Waals surface area contributed by atoms with Gasteiger partial charge < -0.3 is 10.2 Å². The fourth-order valence-corrected chi connectivity index (χ4v) is 2.44. The number of hydrogen-bond donors (Lipinski definition) is 1. The normalized spacial score (nSPS) is 17.9. The minimum absolute atomic E-state index is 0.0719. The molecular formula is C13H20N4O2. The van der Waals surface area contributed by atoms with Crippen LogP contribution in [0.2, 0.25) is 0 Å². The molecule has 0 aliphatic carbocycles. The largest absolute Gasteiger partial charge is 0.366 e. The van der Waals surface area contributed by atoms with Gasteiger partial charge in [-0.25, -0.2) is 4.98 Å². The Hall–Kier alpha value is -1.69. The van der Waals surface area contributed by atoms with E-state index in [-0.39, 0.29) is 11.7 Å². The third kappa shape index (κ3) is 4.17. The highest BCUT2D eigenvalue weighted by Gasteiger charge is 2.14. The lowest BCUT2D eigenvalue weighted by atomic mass is 10.1. The van der Waals surface area contributed by atoms with Gasteiger partial charge in [0.15, 0.2) is 0 Å². The Kier molecular flexibility index (Phi) is 4.68. The fraction of sp³-hybridized carbons (Fsp3) is 0.615. The first-order valence-electron chi connectivity index (χ1n) is 6.74. The number of piperidine rings is 1. The van der Waals surface area contributed by atoms with Crippen molar-refractivity contribution >= 4 is 11.5 Å². The first-order valence-corrected chi connectivity index (χ1v) is 6.74.